The molecular weight excluding hydrogens is 383 g/mol. The van der Waals surface area contributed by atoms with Gasteiger partial charge in [0.1, 0.15) is 0 Å². The van der Waals surface area contributed by atoms with Gasteiger partial charge in [-0.3, -0.25) is 4.99 Å². The number of aliphatic imine (C=N–C) groups is 1. The van der Waals surface area contributed by atoms with E-state index in [1.807, 2.05) is 24.4 Å². The number of rotatable bonds is 3. The second-order valence-electron chi connectivity index (χ2n) is 4.68. The highest BCUT2D eigenvalue weighted by molar-refractivity contribution is 14.0. The van der Waals surface area contributed by atoms with E-state index in [2.05, 4.69) is 20.8 Å². The molecule has 1 aromatic rings. The third-order valence-corrected chi connectivity index (χ3v) is 3.17. The maximum atomic E-state index is 5.34. The molecule has 0 bridgehead atoms. The van der Waals surface area contributed by atoms with Gasteiger partial charge in [-0.2, -0.15) is 5.10 Å². The molecule has 0 saturated heterocycles. The molecule has 1 aromatic carbocycles. The molecule has 0 atom stereocenters. The van der Waals surface area contributed by atoms with Crippen LogP contribution in [0.25, 0.3) is 0 Å². The lowest BCUT2D eigenvalue weighted by atomic mass is 10.1. The Balaban J connectivity index is 0.00000161. The molecule has 0 unspecified atom stereocenters. The first kappa shape index (κ1) is 15.9. The number of hydrazone groups is 1. The number of nitrogens with one attached hydrogen (secondary N) is 2. The summed E-state index contributed by atoms with van der Waals surface area (Å²) in [5, 5.41) is 7.39. The molecule has 2 aliphatic heterocycles. The Labute approximate surface area is 141 Å². The molecule has 2 aliphatic rings. The molecule has 0 aromatic heterocycles. The van der Waals surface area contributed by atoms with Gasteiger partial charge in [0.05, 0.1) is 0 Å². The van der Waals surface area contributed by atoms with E-state index in [0.717, 1.165) is 55.4 Å². The number of benzene rings is 1. The molecule has 21 heavy (non-hydrogen) atoms. The first-order chi connectivity index (χ1) is 9.92. The molecule has 0 amide bonds. The van der Waals surface area contributed by atoms with E-state index in [4.69, 9.17) is 9.47 Å². The van der Waals surface area contributed by atoms with Crippen molar-refractivity contribution in [2.75, 3.05) is 19.9 Å². The largest absolute Gasteiger partial charge is 0.454 e. The van der Waals surface area contributed by atoms with Crippen molar-refractivity contribution in [1.82, 2.24) is 10.7 Å². The van der Waals surface area contributed by atoms with Crippen LogP contribution in [0, 0.1) is 0 Å². The number of halogens is 1. The first-order valence-electron chi connectivity index (χ1n) is 6.86. The summed E-state index contributed by atoms with van der Waals surface area (Å²) in [5.74, 6) is 2.36. The van der Waals surface area contributed by atoms with E-state index in [1.54, 1.807) is 0 Å². The molecule has 2 heterocycles. The van der Waals surface area contributed by atoms with Gasteiger partial charge in [-0.15, -0.1) is 24.0 Å². The minimum Gasteiger partial charge on any atom is -0.454 e. The summed E-state index contributed by atoms with van der Waals surface area (Å²) in [4.78, 5) is 4.36. The standard InChI is InChI=1S/C14H18N4O2.HI/c1-2-7-16-14(15-6-1)18-17-8-5-11-3-4-12-13(9-11)20-10-19-12;/h3-4,8-9H,1-2,5-7,10H2,(H2,15,16,18);1H. The van der Waals surface area contributed by atoms with Gasteiger partial charge in [0.2, 0.25) is 12.8 Å². The third kappa shape index (κ3) is 4.48. The summed E-state index contributed by atoms with van der Waals surface area (Å²) >= 11 is 0. The lowest BCUT2D eigenvalue weighted by Crippen LogP contribution is -2.33. The number of guanidine groups is 1. The van der Waals surface area contributed by atoms with Crippen LogP contribution < -0.4 is 20.2 Å². The molecule has 7 heteroatoms. The van der Waals surface area contributed by atoms with Gasteiger partial charge in [-0.05, 0) is 30.5 Å². The summed E-state index contributed by atoms with van der Waals surface area (Å²) < 4.78 is 10.6. The fourth-order valence-electron chi connectivity index (χ4n) is 2.09. The molecule has 0 saturated carbocycles. The van der Waals surface area contributed by atoms with Crippen molar-refractivity contribution in [1.29, 1.82) is 0 Å². The summed E-state index contributed by atoms with van der Waals surface area (Å²) in [6, 6.07) is 5.92. The van der Waals surface area contributed by atoms with Crippen LogP contribution in [0.1, 0.15) is 18.4 Å². The van der Waals surface area contributed by atoms with Crippen LogP contribution >= 0.6 is 24.0 Å². The van der Waals surface area contributed by atoms with Gasteiger partial charge in [0.15, 0.2) is 11.5 Å². The molecule has 114 valence electrons. The molecule has 0 fully saturated rings. The number of hydrogen-bond donors (Lipinski definition) is 2. The Morgan fingerprint density at radius 1 is 1.29 bits per heavy atom. The van der Waals surface area contributed by atoms with E-state index in [-0.39, 0.29) is 24.0 Å². The van der Waals surface area contributed by atoms with Crippen LogP contribution in [0.5, 0.6) is 11.5 Å². The van der Waals surface area contributed by atoms with Crippen LogP contribution in [-0.2, 0) is 6.42 Å². The molecule has 2 N–H and O–H groups in total. The fraction of sp³-hybridized carbons (Fsp3) is 0.429. The summed E-state index contributed by atoms with van der Waals surface area (Å²) in [6.45, 7) is 2.11. The van der Waals surface area contributed by atoms with E-state index in [0.29, 0.717) is 6.79 Å². The Bertz CT molecular complexity index is 534. The second kappa shape index (κ2) is 8.06. The Hall–Kier alpha value is -1.51. The normalized spacial score (nSPS) is 16.7. The number of nitrogens with zero attached hydrogens (tertiary/aromatic N) is 2. The monoisotopic (exact) mass is 402 g/mol. The quantitative estimate of drug-likeness (QED) is 0.461. The number of ether oxygens (including phenoxy) is 2. The van der Waals surface area contributed by atoms with Crippen LogP contribution in [0.2, 0.25) is 0 Å². The molecule has 0 radical (unpaired) electrons. The van der Waals surface area contributed by atoms with Gasteiger partial charge in [0, 0.05) is 25.7 Å². The zero-order chi connectivity index (χ0) is 13.6. The van der Waals surface area contributed by atoms with E-state index in [9.17, 15) is 0 Å². The van der Waals surface area contributed by atoms with Gasteiger partial charge >= 0.3 is 0 Å². The second-order valence-corrected chi connectivity index (χ2v) is 4.68. The lowest BCUT2D eigenvalue weighted by molar-refractivity contribution is 0.174. The van der Waals surface area contributed by atoms with E-state index in [1.165, 1.54) is 0 Å². The van der Waals surface area contributed by atoms with Crippen molar-refractivity contribution in [3.05, 3.63) is 23.8 Å². The average molecular weight is 402 g/mol. The Kier molecular flexibility index (Phi) is 6.09. The van der Waals surface area contributed by atoms with Crippen LogP contribution in [-0.4, -0.2) is 32.1 Å². The van der Waals surface area contributed by atoms with Crippen LogP contribution in [0.3, 0.4) is 0 Å². The van der Waals surface area contributed by atoms with E-state index < -0.39 is 0 Å². The van der Waals surface area contributed by atoms with Crippen molar-refractivity contribution in [3.8, 4) is 11.5 Å². The first-order valence-corrected chi connectivity index (χ1v) is 6.86. The van der Waals surface area contributed by atoms with Crippen molar-refractivity contribution < 1.29 is 9.47 Å². The van der Waals surface area contributed by atoms with Crippen molar-refractivity contribution in [2.24, 2.45) is 10.1 Å². The Morgan fingerprint density at radius 3 is 3.14 bits per heavy atom. The molecule has 6 nitrogen and oxygen atoms in total. The minimum atomic E-state index is 0. The molecule has 3 rings (SSSR count). The van der Waals surface area contributed by atoms with Crippen LogP contribution in [0.15, 0.2) is 28.3 Å². The predicted octanol–water partition coefficient (Wildman–Crippen LogP) is 1.89. The highest BCUT2D eigenvalue weighted by atomic mass is 127. The fourth-order valence-corrected chi connectivity index (χ4v) is 2.09. The Morgan fingerprint density at radius 2 is 2.19 bits per heavy atom. The van der Waals surface area contributed by atoms with Crippen molar-refractivity contribution in [2.45, 2.75) is 19.3 Å². The zero-order valence-electron chi connectivity index (χ0n) is 11.7. The third-order valence-electron chi connectivity index (χ3n) is 3.17. The highest BCUT2D eigenvalue weighted by Gasteiger charge is 2.12. The topological polar surface area (TPSA) is 67.2 Å². The lowest BCUT2D eigenvalue weighted by Gasteiger charge is -2.04. The van der Waals surface area contributed by atoms with Gasteiger partial charge in [-0.1, -0.05) is 6.07 Å². The summed E-state index contributed by atoms with van der Waals surface area (Å²) in [7, 11) is 0. The predicted molar refractivity (Wildman–Crippen MR) is 92.9 cm³/mol. The summed E-state index contributed by atoms with van der Waals surface area (Å²) in [5.41, 5.74) is 4.07. The molecule has 0 aliphatic carbocycles. The zero-order valence-corrected chi connectivity index (χ0v) is 14.0. The SMILES string of the molecule is C(Cc1ccc2c(c1)OCO2)=NNC1=NCCCCN1.I. The molecular formula is C14H19IN4O2. The average Bonchev–Trinajstić information content (AvgIpc) is 2.78. The van der Waals surface area contributed by atoms with Gasteiger partial charge < -0.3 is 14.8 Å². The van der Waals surface area contributed by atoms with E-state index >= 15 is 0 Å². The minimum absolute atomic E-state index is 0. The van der Waals surface area contributed by atoms with Gasteiger partial charge in [-0.25, -0.2) is 5.43 Å². The van der Waals surface area contributed by atoms with Crippen molar-refractivity contribution >= 4 is 36.2 Å². The number of fused-ring (bicyclic) bond motifs is 1. The number of hydrogen-bond acceptors (Lipinski definition) is 6. The maximum Gasteiger partial charge on any atom is 0.231 e. The molecule has 0 spiro atoms. The highest BCUT2D eigenvalue weighted by Crippen LogP contribution is 2.32. The van der Waals surface area contributed by atoms with Gasteiger partial charge in [0.25, 0.3) is 0 Å². The smallest absolute Gasteiger partial charge is 0.231 e. The van der Waals surface area contributed by atoms with Crippen LogP contribution in [0.4, 0.5) is 0 Å². The summed E-state index contributed by atoms with van der Waals surface area (Å²) in [6.07, 6.45) is 4.83. The van der Waals surface area contributed by atoms with Crippen molar-refractivity contribution in [3.63, 3.8) is 0 Å². The maximum absolute atomic E-state index is 5.34.